The lowest BCUT2D eigenvalue weighted by atomic mass is 9.86. The van der Waals surface area contributed by atoms with E-state index in [0.29, 0.717) is 10.8 Å². The van der Waals surface area contributed by atoms with Crippen LogP contribution in [0.4, 0.5) is 0 Å². The Morgan fingerprint density at radius 3 is 2.65 bits per heavy atom. The van der Waals surface area contributed by atoms with E-state index < -0.39 is 0 Å². The Kier molecular flexibility index (Phi) is 4.43. The summed E-state index contributed by atoms with van der Waals surface area (Å²) in [5, 5.41) is 0.559. The molecule has 0 atom stereocenters. The molecule has 1 aromatic rings. The molecule has 0 N–H and O–H groups in total. The summed E-state index contributed by atoms with van der Waals surface area (Å²) in [4.78, 5) is 11.9. The first-order valence-corrected chi connectivity index (χ1v) is 6.55. The van der Waals surface area contributed by atoms with Crippen LogP contribution < -0.4 is 4.74 Å². The number of carbonyl (C=O) groups is 1. The van der Waals surface area contributed by atoms with Gasteiger partial charge in [0.2, 0.25) is 0 Å². The minimum absolute atomic E-state index is 0.147. The molecule has 0 saturated heterocycles. The van der Waals surface area contributed by atoms with Crippen molar-refractivity contribution in [1.29, 1.82) is 0 Å². The maximum Gasteiger partial charge on any atom is 0.173 e. The molecule has 3 heteroatoms. The van der Waals surface area contributed by atoms with Gasteiger partial charge in [-0.05, 0) is 25.0 Å². The Bertz CT molecular complexity index is 384. The van der Waals surface area contributed by atoms with E-state index in [9.17, 15) is 4.79 Å². The van der Waals surface area contributed by atoms with Crippen molar-refractivity contribution >= 4 is 17.4 Å². The third-order valence-corrected chi connectivity index (χ3v) is 3.58. The highest BCUT2D eigenvalue weighted by atomic mass is 35.5. The summed E-state index contributed by atoms with van der Waals surface area (Å²) in [5.41, 5.74) is 0. The average Bonchev–Trinajstić information content (AvgIpc) is 2.38. The topological polar surface area (TPSA) is 26.3 Å². The van der Waals surface area contributed by atoms with Crippen molar-refractivity contribution < 1.29 is 9.53 Å². The van der Waals surface area contributed by atoms with Gasteiger partial charge in [-0.25, -0.2) is 0 Å². The Morgan fingerprint density at radius 1 is 1.24 bits per heavy atom. The minimum atomic E-state index is 0.147. The smallest absolute Gasteiger partial charge is 0.173 e. The van der Waals surface area contributed by atoms with Crippen molar-refractivity contribution in [3.63, 3.8) is 0 Å². The molecule has 0 bridgehead atoms. The summed E-state index contributed by atoms with van der Waals surface area (Å²) in [6.45, 7) is 0.147. The van der Waals surface area contributed by atoms with Crippen LogP contribution >= 0.6 is 11.6 Å². The molecule has 2 rings (SSSR count). The Labute approximate surface area is 107 Å². The van der Waals surface area contributed by atoms with Gasteiger partial charge in [0.25, 0.3) is 0 Å². The molecule has 1 aliphatic carbocycles. The van der Waals surface area contributed by atoms with Crippen molar-refractivity contribution in [1.82, 2.24) is 0 Å². The van der Waals surface area contributed by atoms with E-state index >= 15 is 0 Å². The largest absolute Gasteiger partial charge is 0.484 e. The summed E-state index contributed by atoms with van der Waals surface area (Å²) in [5.74, 6) is 1.01. The zero-order chi connectivity index (χ0) is 12.1. The van der Waals surface area contributed by atoms with Gasteiger partial charge in [-0.15, -0.1) is 0 Å². The first kappa shape index (κ1) is 12.4. The summed E-state index contributed by atoms with van der Waals surface area (Å²) in [6.07, 6.45) is 5.63. The molecule has 1 saturated carbocycles. The summed E-state index contributed by atoms with van der Waals surface area (Å²) < 4.78 is 5.47. The molecule has 1 fully saturated rings. The first-order chi connectivity index (χ1) is 8.27. The van der Waals surface area contributed by atoms with Crippen molar-refractivity contribution in [2.24, 2.45) is 5.92 Å². The third kappa shape index (κ3) is 3.47. The zero-order valence-corrected chi connectivity index (χ0v) is 10.6. The van der Waals surface area contributed by atoms with E-state index in [1.165, 1.54) is 19.3 Å². The number of para-hydroxylation sites is 1. The summed E-state index contributed by atoms with van der Waals surface area (Å²) >= 11 is 5.96. The van der Waals surface area contributed by atoms with Crippen LogP contribution in [0.1, 0.15) is 32.1 Å². The number of hydrogen-bond donors (Lipinski definition) is 0. The molecule has 1 aliphatic rings. The number of hydrogen-bond acceptors (Lipinski definition) is 2. The van der Waals surface area contributed by atoms with Crippen LogP contribution in [0.3, 0.4) is 0 Å². The first-order valence-electron chi connectivity index (χ1n) is 6.17. The predicted octanol–water partition coefficient (Wildman–Crippen LogP) is 3.87. The number of benzene rings is 1. The molecule has 0 radical (unpaired) electrons. The van der Waals surface area contributed by atoms with Gasteiger partial charge < -0.3 is 4.74 Å². The molecule has 0 heterocycles. The molecule has 17 heavy (non-hydrogen) atoms. The molecule has 92 valence electrons. The lowest BCUT2D eigenvalue weighted by Crippen LogP contribution is -2.23. The molecule has 0 amide bonds. The highest BCUT2D eigenvalue weighted by molar-refractivity contribution is 6.32. The second-order valence-corrected chi connectivity index (χ2v) is 4.93. The maximum absolute atomic E-state index is 11.9. The molecular formula is C14H17ClO2. The Morgan fingerprint density at radius 2 is 1.94 bits per heavy atom. The van der Waals surface area contributed by atoms with E-state index in [4.69, 9.17) is 16.3 Å². The number of halogens is 1. The van der Waals surface area contributed by atoms with Crippen LogP contribution in [0.5, 0.6) is 5.75 Å². The number of rotatable bonds is 4. The molecular weight excluding hydrogens is 236 g/mol. The van der Waals surface area contributed by atoms with Gasteiger partial charge >= 0.3 is 0 Å². The number of Topliss-reactive ketones (excluding diaryl/α,β-unsaturated/α-hetero) is 1. The van der Waals surface area contributed by atoms with Gasteiger partial charge in [0.05, 0.1) is 5.02 Å². The van der Waals surface area contributed by atoms with E-state index in [0.717, 1.165) is 12.8 Å². The van der Waals surface area contributed by atoms with Crippen LogP contribution in [0.15, 0.2) is 24.3 Å². The van der Waals surface area contributed by atoms with Crippen molar-refractivity contribution in [2.75, 3.05) is 6.61 Å². The number of ether oxygens (including phenoxy) is 1. The quantitative estimate of drug-likeness (QED) is 0.813. The van der Waals surface area contributed by atoms with Gasteiger partial charge in [-0.1, -0.05) is 43.0 Å². The normalized spacial score (nSPS) is 16.8. The molecule has 0 unspecified atom stereocenters. The minimum Gasteiger partial charge on any atom is -0.484 e. The lowest BCUT2D eigenvalue weighted by molar-refractivity contribution is -0.125. The highest BCUT2D eigenvalue weighted by Crippen LogP contribution is 2.26. The monoisotopic (exact) mass is 252 g/mol. The van der Waals surface area contributed by atoms with Crippen LogP contribution in [0.25, 0.3) is 0 Å². The van der Waals surface area contributed by atoms with E-state index in [1.807, 2.05) is 12.1 Å². The van der Waals surface area contributed by atoms with Gasteiger partial charge in [0.1, 0.15) is 12.4 Å². The molecule has 0 aliphatic heterocycles. The Hall–Kier alpha value is -1.02. The van der Waals surface area contributed by atoms with Crippen molar-refractivity contribution in [3.8, 4) is 5.75 Å². The fourth-order valence-corrected chi connectivity index (χ4v) is 2.44. The fourth-order valence-electron chi connectivity index (χ4n) is 2.25. The van der Waals surface area contributed by atoms with Crippen LogP contribution in [-0.2, 0) is 4.79 Å². The second-order valence-electron chi connectivity index (χ2n) is 4.52. The average molecular weight is 253 g/mol. The lowest BCUT2D eigenvalue weighted by Gasteiger charge is -2.20. The fraction of sp³-hybridized carbons (Fsp3) is 0.500. The number of ketones is 1. The van der Waals surface area contributed by atoms with Gasteiger partial charge in [-0.2, -0.15) is 0 Å². The van der Waals surface area contributed by atoms with Gasteiger partial charge in [0.15, 0.2) is 5.78 Å². The standard InChI is InChI=1S/C14H17ClO2/c15-12-8-4-5-9-14(12)17-10-13(16)11-6-2-1-3-7-11/h4-5,8-9,11H,1-3,6-7,10H2. The molecule has 1 aromatic carbocycles. The van der Waals surface area contributed by atoms with Crippen LogP contribution in [0.2, 0.25) is 5.02 Å². The third-order valence-electron chi connectivity index (χ3n) is 3.27. The highest BCUT2D eigenvalue weighted by Gasteiger charge is 2.21. The second kappa shape index (κ2) is 6.06. The van der Waals surface area contributed by atoms with E-state index in [1.54, 1.807) is 12.1 Å². The number of carbonyl (C=O) groups excluding carboxylic acids is 1. The Balaban J connectivity index is 1.85. The van der Waals surface area contributed by atoms with Crippen LogP contribution in [0, 0.1) is 5.92 Å². The van der Waals surface area contributed by atoms with Crippen molar-refractivity contribution in [2.45, 2.75) is 32.1 Å². The van der Waals surface area contributed by atoms with Gasteiger partial charge in [0, 0.05) is 5.92 Å². The predicted molar refractivity (Wildman–Crippen MR) is 68.5 cm³/mol. The van der Waals surface area contributed by atoms with E-state index in [-0.39, 0.29) is 18.3 Å². The molecule has 2 nitrogen and oxygen atoms in total. The molecule has 0 aromatic heterocycles. The van der Waals surface area contributed by atoms with Crippen LogP contribution in [-0.4, -0.2) is 12.4 Å². The maximum atomic E-state index is 11.9. The SMILES string of the molecule is O=C(COc1ccccc1Cl)C1CCCCC1. The molecule has 0 spiro atoms. The summed E-state index contributed by atoms with van der Waals surface area (Å²) in [7, 11) is 0. The van der Waals surface area contributed by atoms with Crippen molar-refractivity contribution in [3.05, 3.63) is 29.3 Å². The summed E-state index contributed by atoms with van der Waals surface area (Å²) in [6, 6.07) is 7.25. The zero-order valence-electron chi connectivity index (χ0n) is 9.82. The van der Waals surface area contributed by atoms with Gasteiger partial charge in [-0.3, -0.25) is 4.79 Å². The van der Waals surface area contributed by atoms with E-state index in [2.05, 4.69) is 0 Å².